The Balaban J connectivity index is 1.15. The third-order valence-corrected chi connectivity index (χ3v) is 7.15. The van der Waals surface area contributed by atoms with Gasteiger partial charge in [-0.1, -0.05) is 30.3 Å². The van der Waals surface area contributed by atoms with E-state index in [9.17, 15) is 13.2 Å². The first-order valence-electron chi connectivity index (χ1n) is 11.1. The molecule has 1 aliphatic heterocycles. The molecule has 32 heavy (non-hydrogen) atoms. The number of likely N-dealkylation sites (tertiary alicyclic amines) is 1. The summed E-state index contributed by atoms with van der Waals surface area (Å²) in [7, 11) is -3.67. The Hall–Kier alpha value is -2.68. The zero-order valence-corrected chi connectivity index (χ0v) is 18.9. The second-order valence-corrected chi connectivity index (χ2v) is 10.0. The standard InChI is InChI=1S/C24H30N4O3S/c25-32(30,31)21-7-5-18(6-8-21)9-13-26-24(29)12-16-28-14-10-19(11-15-28)23-17-20-3-1-2-4-22(20)27-23/h1-8,17,19,27H,9-16H2,(H,26,29)(H2,25,30,31). The van der Waals surface area contributed by atoms with Crippen molar-refractivity contribution in [3.05, 3.63) is 65.9 Å². The summed E-state index contributed by atoms with van der Waals surface area (Å²) in [5, 5.41) is 9.32. The fraction of sp³-hybridized carbons (Fsp3) is 0.375. The molecular weight excluding hydrogens is 424 g/mol. The molecule has 4 N–H and O–H groups in total. The van der Waals surface area contributed by atoms with Crippen molar-refractivity contribution in [1.82, 2.24) is 15.2 Å². The molecule has 0 aliphatic carbocycles. The number of rotatable bonds is 8. The van der Waals surface area contributed by atoms with Gasteiger partial charge >= 0.3 is 0 Å². The van der Waals surface area contributed by atoms with Gasteiger partial charge in [-0.3, -0.25) is 4.79 Å². The van der Waals surface area contributed by atoms with Crippen molar-refractivity contribution in [2.75, 3.05) is 26.2 Å². The minimum Gasteiger partial charge on any atom is -0.358 e. The van der Waals surface area contributed by atoms with Crippen molar-refractivity contribution < 1.29 is 13.2 Å². The first-order valence-corrected chi connectivity index (χ1v) is 12.6. The molecule has 0 bridgehead atoms. The molecule has 0 unspecified atom stereocenters. The number of nitrogens with two attached hydrogens (primary N) is 1. The number of hydrogen-bond donors (Lipinski definition) is 3. The second-order valence-electron chi connectivity index (χ2n) is 8.47. The van der Waals surface area contributed by atoms with Crippen LogP contribution in [0.5, 0.6) is 0 Å². The van der Waals surface area contributed by atoms with E-state index in [1.807, 2.05) is 0 Å². The summed E-state index contributed by atoms with van der Waals surface area (Å²) in [6.07, 6.45) is 3.33. The smallest absolute Gasteiger partial charge is 0.238 e. The van der Waals surface area contributed by atoms with E-state index in [2.05, 4.69) is 45.5 Å². The maximum absolute atomic E-state index is 12.2. The number of sulfonamides is 1. The number of aromatic amines is 1. The Labute approximate surface area is 189 Å². The number of benzene rings is 2. The van der Waals surface area contributed by atoms with Crippen molar-refractivity contribution in [3.8, 4) is 0 Å². The fourth-order valence-corrected chi connectivity index (χ4v) is 4.84. The summed E-state index contributed by atoms with van der Waals surface area (Å²) in [5.41, 5.74) is 3.47. The monoisotopic (exact) mass is 454 g/mol. The van der Waals surface area contributed by atoms with Gasteiger partial charge in [-0.05, 0) is 67.6 Å². The number of carbonyl (C=O) groups excluding carboxylic acids is 1. The number of nitrogens with zero attached hydrogens (tertiary/aromatic N) is 1. The number of para-hydroxylation sites is 1. The number of aromatic nitrogens is 1. The van der Waals surface area contributed by atoms with E-state index in [1.165, 1.54) is 28.7 Å². The normalized spacial score (nSPS) is 15.8. The number of hydrogen-bond acceptors (Lipinski definition) is 4. The van der Waals surface area contributed by atoms with Crippen LogP contribution >= 0.6 is 0 Å². The van der Waals surface area contributed by atoms with Crippen LogP contribution in [-0.4, -0.2) is 50.4 Å². The molecule has 1 fully saturated rings. The van der Waals surface area contributed by atoms with E-state index < -0.39 is 10.0 Å². The molecule has 1 aromatic heterocycles. The number of fused-ring (bicyclic) bond motifs is 1. The molecule has 0 radical (unpaired) electrons. The first-order chi connectivity index (χ1) is 15.4. The Bertz CT molecular complexity index is 1130. The quantitative estimate of drug-likeness (QED) is 0.486. The molecule has 3 aromatic rings. The van der Waals surface area contributed by atoms with Crippen LogP contribution in [0.1, 0.15) is 36.4 Å². The summed E-state index contributed by atoms with van der Waals surface area (Å²) in [4.78, 5) is 18.2. The van der Waals surface area contributed by atoms with Crippen molar-refractivity contribution in [2.24, 2.45) is 5.14 Å². The van der Waals surface area contributed by atoms with Crippen LogP contribution in [-0.2, 0) is 21.2 Å². The average molecular weight is 455 g/mol. The predicted octanol–water partition coefficient (Wildman–Crippen LogP) is 2.74. The summed E-state index contributed by atoms with van der Waals surface area (Å²) < 4.78 is 22.6. The number of primary sulfonamides is 1. The van der Waals surface area contributed by atoms with Crippen molar-refractivity contribution in [1.29, 1.82) is 0 Å². The van der Waals surface area contributed by atoms with Gasteiger partial charge in [-0.15, -0.1) is 0 Å². The summed E-state index contributed by atoms with van der Waals surface area (Å²) in [6, 6.07) is 17.1. The molecule has 4 rings (SSSR count). The van der Waals surface area contributed by atoms with Crippen LogP contribution in [0.4, 0.5) is 0 Å². The van der Waals surface area contributed by atoms with E-state index in [1.54, 1.807) is 12.1 Å². The zero-order chi connectivity index (χ0) is 22.6. The third-order valence-electron chi connectivity index (χ3n) is 6.22. The molecule has 170 valence electrons. The molecule has 0 spiro atoms. The number of H-pyrrole nitrogens is 1. The Morgan fingerprint density at radius 3 is 2.50 bits per heavy atom. The van der Waals surface area contributed by atoms with Crippen LogP contribution in [0, 0.1) is 0 Å². The molecule has 0 saturated carbocycles. The van der Waals surface area contributed by atoms with Gasteiger partial charge in [-0.25, -0.2) is 13.6 Å². The molecule has 1 amide bonds. The minimum atomic E-state index is -3.67. The van der Waals surface area contributed by atoms with Gasteiger partial charge in [-0.2, -0.15) is 0 Å². The fourth-order valence-electron chi connectivity index (χ4n) is 4.32. The van der Waals surface area contributed by atoms with Gasteiger partial charge in [0.25, 0.3) is 0 Å². The molecular formula is C24H30N4O3S. The van der Waals surface area contributed by atoms with Gasteiger partial charge in [0.15, 0.2) is 0 Å². The Morgan fingerprint density at radius 1 is 1.09 bits per heavy atom. The number of nitrogens with one attached hydrogen (secondary N) is 2. The highest BCUT2D eigenvalue weighted by atomic mass is 32.2. The molecule has 7 nitrogen and oxygen atoms in total. The van der Waals surface area contributed by atoms with E-state index in [-0.39, 0.29) is 10.8 Å². The number of carbonyl (C=O) groups is 1. The van der Waals surface area contributed by atoms with Crippen molar-refractivity contribution in [3.63, 3.8) is 0 Å². The van der Waals surface area contributed by atoms with Crippen molar-refractivity contribution >= 4 is 26.8 Å². The van der Waals surface area contributed by atoms with Crippen LogP contribution in [0.2, 0.25) is 0 Å². The Morgan fingerprint density at radius 2 is 1.81 bits per heavy atom. The van der Waals surface area contributed by atoms with Crippen LogP contribution in [0.3, 0.4) is 0 Å². The zero-order valence-electron chi connectivity index (χ0n) is 18.1. The number of piperidine rings is 1. The lowest BCUT2D eigenvalue weighted by atomic mass is 9.93. The molecule has 2 aromatic carbocycles. The van der Waals surface area contributed by atoms with E-state index in [0.29, 0.717) is 25.3 Å². The second kappa shape index (κ2) is 9.85. The molecule has 1 saturated heterocycles. The lowest BCUT2D eigenvalue weighted by molar-refractivity contribution is -0.121. The lowest BCUT2D eigenvalue weighted by Crippen LogP contribution is -2.36. The molecule has 1 aliphatic rings. The average Bonchev–Trinajstić information content (AvgIpc) is 3.22. The lowest BCUT2D eigenvalue weighted by Gasteiger charge is -2.31. The molecule has 2 heterocycles. The highest BCUT2D eigenvalue weighted by molar-refractivity contribution is 7.89. The topological polar surface area (TPSA) is 108 Å². The minimum absolute atomic E-state index is 0.0453. The largest absolute Gasteiger partial charge is 0.358 e. The summed E-state index contributed by atoms with van der Waals surface area (Å²) in [5.74, 6) is 0.594. The molecule has 0 atom stereocenters. The van der Waals surface area contributed by atoms with Gasteiger partial charge in [0, 0.05) is 36.6 Å². The maximum atomic E-state index is 12.2. The number of amides is 1. The first kappa shape index (κ1) is 22.5. The van der Waals surface area contributed by atoms with E-state index in [0.717, 1.165) is 38.0 Å². The Kier molecular flexibility index (Phi) is 6.93. The van der Waals surface area contributed by atoms with E-state index >= 15 is 0 Å². The molecule has 8 heteroatoms. The van der Waals surface area contributed by atoms with Gasteiger partial charge in [0.2, 0.25) is 15.9 Å². The predicted molar refractivity (Wildman–Crippen MR) is 126 cm³/mol. The van der Waals surface area contributed by atoms with Crippen LogP contribution in [0.25, 0.3) is 10.9 Å². The maximum Gasteiger partial charge on any atom is 0.238 e. The van der Waals surface area contributed by atoms with Gasteiger partial charge in [0.05, 0.1) is 4.90 Å². The van der Waals surface area contributed by atoms with Gasteiger partial charge < -0.3 is 15.2 Å². The summed E-state index contributed by atoms with van der Waals surface area (Å²) in [6.45, 7) is 3.30. The summed E-state index contributed by atoms with van der Waals surface area (Å²) >= 11 is 0. The third kappa shape index (κ3) is 5.76. The highest BCUT2D eigenvalue weighted by Crippen LogP contribution is 2.29. The van der Waals surface area contributed by atoms with Crippen LogP contribution < -0.4 is 10.5 Å². The van der Waals surface area contributed by atoms with Gasteiger partial charge in [0.1, 0.15) is 0 Å². The SMILES string of the molecule is NS(=O)(=O)c1ccc(CCNC(=O)CCN2CCC(c3cc4ccccc4[nH]3)CC2)cc1. The van der Waals surface area contributed by atoms with Crippen molar-refractivity contribution in [2.45, 2.75) is 36.5 Å². The van der Waals surface area contributed by atoms with E-state index in [4.69, 9.17) is 5.14 Å². The van der Waals surface area contributed by atoms with Crippen LogP contribution in [0.15, 0.2) is 59.5 Å². The highest BCUT2D eigenvalue weighted by Gasteiger charge is 2.22.